The average Bonchev–Trinajstić information content (AvgIpc) is 2.46. The van der Waals surface area contributed by atoms with Gasteiger partial charge in [-0.2, -0.15) is 0 Å². The predicted molar refractivity (Wildman–Crippen MR) is 47.3 cm³/mol. The number of hydrogen-bond acceptors (Lipinski definition) is 5. The first-order valence-corrected chi connectivity index (χ1v) is 4.40. The van der Waals surface area contributed by atoms with E-state index in [1.54, 1.807) is 0 Å². The van der Waals surface area contributed by atoms with Crippen molar-refractivity contribution in [2.24, 2.45) is 0 Å². The van der Waals surface area contributed by atoms with E-state index in [9.17, 15) is 9.90 Å². The lowest BCUT2D eigenvalue weighted by Crippen LogP contribution is -2.27. The van der Waals surface area contributed by atoms with Crippen molar-refractivity contribution in [1.29, 1.82) is 0 Å². The van der Waals surface area contributed by atoms with Gasteiger partial charge < -0.3 is 20.1 Å². The van der Waals surface area contributed by atoms with Gasteiger partial charge >= 0.3 is 5.97 Å². The summed E-state index contributed by atoms with van der Waals surface area (Å²) >= 11 is 0. The van der Waals surface area contributed by atoms with Crippen LogP contribution in [0.15, 0.2) is 11.6 Å². The molecule has 1 aliphatic rings. The molecule has 0 bridgehead atoms. The number of carbonyl (C=O) groups is 1. The van der Waals surface area contributed by atoms with E-state index in [0.29, 0.717) is 0 Å². The fourth-order valence-electron chi connectivity index (χ4n) is 1.19. The van der Waals surface area contributed by atoms with Gasteiger partial charge in [0.25, 0.3) is 0 Å². The SMILES string of the molecule is C[C@H](O)[C@H]1C=C([C@H](O)[C@@H](C)O)C(=O)O1. The largest absolute Gasteiger partial charge is 0.452 e. The average molecular weight is 202 g/mol. The van der Waals surface area contributed by atoms with E-state index in [0.717, 1.165) is 0 Å². The smallest absolute Gasteiger partial charge is 0.337 e. The molecule has 0 unspecified atom stereocenters. The van der Waals surface area contributed by atoms with Crippen LogP contribution in [0.1, 0.15) is 13.8 Å². The molecular weight excluding hydrogens is 188 g/mol. The van der Waals surface area contributed by atoms with E-state index in [4.69, 9.17) is 14.9 Å². The van der Waals surface area contributed by atoms with Crippen molar-refractivity contribution in [3.8, 4) is 0 Å². The summed E-state index contributed by atoms with van der Waals surface area (Å²) in [4.78, 5) is 11.2. The first-order chi connectivity index (χ1) is 6.43. The molecule has 0 saturated carbocycles. The van der Waals surface area contributed by atoms with E-state index in [2.05, 4.69) is 0 Å². The van der Waals surface area contributed by atoms with Gasteiger partial charge in [0.15, 0.2) is 0 Å². The lowest BCUT2D eigenvalue weighted by Gasteiger charge is -2.12. The number of ether oxygens (including phenoxy) is 1. The fraction of sp³-hybridized carbons (Fsp3) is 0.667. The molecule has 14 heavy (non-hydrogen) atoms. The Labute approximate surface area is 81.6 Å². The minimum atomic E-state index is -1.26. The van der Waals surface area contributed by atoms with Crippen LogP contribution >= 0.6 is 0 Å². The van der Waals surface area contributed by atoms with Gasteiger partial charge in [0.05, 0.1) is 17.8 Å². The molecule has 0 spiro atoms. The van der Waals surface area contributed by atoms with Gasteiger partial charge in [-0.05, 0) is 19.9 Å². The number of aliphatic hydroxyl groups excluding tert-OH is 3. The summed E-state index contributed by atoms with van der Waals surface area (Å²) in [5.74, 6) is -0.690. The zero-order valence-electron chi connectivity index (χ0n) is 8.04. The molecular formula is C9H14O5. The Hall–Kier alpha value is -0.910. The van der Waals surface area contributed by atoms with Crippen LogP contribution in [0.5, 0.6) is 0 Å². The van der Waals surface area contributed by atoms with Crippen LogP contribution in [-0.2, 0) is 9.53 Å². The first-order valence-electron chi connectivity index (χ1n) is 4.40. The number of carbonyl (C=O) groups excluding carboxylic acids is 1. The summed E-state index contributed by atoms with van der Waals surface area (Å²) in [5.41, 5.74) is 0.00546. The van der Waals surface area contributed by atoms with Gasteiger partial charge in [0.1, 0.15) is 12.2 Å². The summed E-state index contributed by atoms with van der Waals surface area (Å²) in [6.45, 7) is 2.85. The fourth-order valence-corrected chi connectivity index (χ4v) is 1.19. The molecule has 5 nitrogen and oxygen atoms in total. The highest BCUT2D eigenvalue weighted by atomic mass is 16.6. The van der Waals surface area contributed by atoms with Crippen molar-refractivity contribution in [3.05, 3.63) is 11.6 Å². The molecule has 1 heterocycles. The predicted octanol–water partition coefficient (Wildman–Crippen LogP) is -1.04. The maximum Gasteiger partial charge on any atom is 0.337 e. The van der Waals surface area contributed by atoms with Gasteiger partial charge in [-0.25, -0.2) is 4.79 Å². The van der Waals surface area contributed by atoms with Crippen molar-refractivity contribution in [1.82, 2.24) is 0 Å². The number of aliphatic hydroxyl groups is 3. The Morgan fingerprint density at radius 3 is 2.29 bits per heavy atom. The van der Waals surface area contributed by atoms with Gasteiger partial charge in [-0.3, -0.25) is 0 Å². The Bertz CT molecular complexity index is 256. The molecule has 0 radical (unpaired) electrons. The van der Waals surface area contributed by atoms with E-state index in [1.165, 1.54) is 19.9 Å². The second kappa shape index (κ2) is 4.08. The molecule has 0 aromatic rings. The normalized spacial score (nSPS) is 27.9. The van der Waals surface area contributed by atoms with E-state index in [1.807, 2.05) is 0 Å². The van der Waals surface area contributed by atoms with Crippen LogP contribution in [0.3, 0.4) is 0 Å². The van der Waals surface area contributed by atoms with Crippen LogP contribution in [0.25, 0.3) is 0 Å². The van der Waals surface area contributed by atoms with Crippen molar-refractivity contribution < 1.29 is 24.9 Å². The van der Waals surface area contributed by atoms with Gasteiger partial charge in [-0.1, -0.05) is 0 Å². The van der Waals surface area contributed by atoms with Gasteiger partial charge in [-0.15, -0.1) is 0 Å². The molecule has 0 aliphatic carbocycles. The molecule has 0 aromatic heterocycles. The third-order valence-corrected chi connectivity index (χ3v) is 2.07. The van der Waals surface area contributed by atoms with Crippen molar-refractivity contribution in [2.45, 2.75) is 38.3 Å². The third-order valence-electron chi connectivity index (χ3n) is 2.07. The molecule has 1 aliphatic heterocycles. The van der Waals surface area contributed by atoms with Gasteiger partial charge in [0, 0.05) is 0 Å². The second-order valence-corrected chi connectivity index (χ2v) is 3.42. The molecule has 80 valence electrons. The summed E-state index contributed by atoms with van der Waals surface area (Å²) in [5, 5.41) is 27.6. The van der Waals surface area contributed by atoms with Crippen molar-refractivity contribution in [3.63, 3.8) is 0 Å². The highest BCUT2D eigenvalue weighted by Gasteiger charge is 2.34. The maximum absolute atomic E-state index is 11.2. The minimum Gasteiger partial charge on any atom is -0.452 e. The minimum absolute atomic E-state index is 0.00546. The molecule has 0 aromatic carbocycles. The highest BCUT2D eigenvalue weighted by molar-refractivity contribution is 5.92. The molecule has 1 rings (SSSR count). The second-order valence-electron chi connectivity index (χ2n) is 3.42. The third kappa shape index (κ3) is 2.12. The summed E-state index contributed by atoms with van der Waals surface area (Å²) in [6.07, 6.45) is -2.51. The number of esters is 1. The van der Waals surface area contributed by atoms with Crippen LogP contribution in [0, 0.1) is 0 Å². The Morgan fingerprint density at radius 1 is 1.36 bits per heavy atom. The molecule has 0 fully saturated rings. The quantitative estimate of drug-likeness (QED) is 0.509. The van der Waals surface area contributed by atoms with Crippen LogP contribution in [0.2, 0.25) is 0 Å². The Balaban J connectivity index is 2.78. The lowest BCUT2D eigenvalue weighted by molar-refractivity contribution is -0.144. The monoisotopic (exact) mass is 202 g/mol. The first kappa shape index (κ1) is 11.2. The van der Waals surface area contributed by atoms with Crippen molar-refractivity contribution in [2.75, 3.05) is 0 Å². The van der Waals surface area contributed by atoms with E-state index >= 15 is 0 Å². The summed E-state index contributed by atoms with van der Waals surface area (Å²) < 4.78 is 4.75. The van der Waals surface area contributed by atoms with E-state index < -0.39 is 30.4 Å². The lowest BCUT2D eigenvalue weighted by atomic mass is 10.0. The highest BCUT2D eigenvalue weighted by Crippen LogP contribution is 2.20. The molecule has 3 N–H and O–H groups in total. The number of hydrogen-bond donors (Lipinski definition) is 3. The molecule has 5 heteroatoms. The molecule has 4 atom stereocenters. The van der Waals surface area contributed by atoms with Crippen LogP contribution in [-0.4, -0.2) is 45.7 Å². The van der Waals surface area contributed by atoms with Crippen LogP contribution in [0.4, 0.5) is 0 Å². The zero-order valence-corrected chi connectivity index (χ0v) is 8.04. The molecule has 0 amide bonds. The number of rotatable bonds is 3. The van der Waals surface area contributed by atoms with E-state index in [-0.39, 0.29) is 5.57 Å². The summed E-state index contributed by atoms with van der Waals surface area (Å²) in [6, 6.07) is 0. The standard InChI is InChI=1S/C9H14O5/c1-4(10)7-3-6(9(13)14-7)8(12)5(2)11/h3-5,7-8,10-12H,1-2H3/t4-,5+,7+,8+/m0/s1. The van der Waals surface area contributed by atoms with Crippen molar-refractivity contribution >= 4 is 5.97 Å². The zero-order chi connectivity index (χ0) is 10.9. The summed E-state index contributed by atoms with van der Waals surface area (Å²) in [7, 11) is 0. The topological polar surface area (TPSA) is 87.0 Å². The Morgan fingerprint density at radius 2 is 1.93 bits per heavy atom. The number of cyclic esters (lactones) is 1. The maximum atomic E-state index is 11.2. The van der Waals surface area contributed by atoms with Gasteiger partial charge in [0.2, 0.25) is 0 Å². The Kier molecular flexibility index (Phi) is 3.25. The molecule has 0 saturated heterocycles. The van der Waals surface area contributed by atoms with Crippen LogP contribution < -0.4 is 0 Å².